The van der Waals surface area contributed by atoms with Gasteiger partial charge in [-0.1, -0.05) is 11.6 Å². The lowest BCUT2D eigenvalue weighted by molar-refractivity contribution is 0.102. The third-order valence-electron chi connectivity index (χ3n) is 5.31. The molecule has 1 aliphatic heterocycles. The number of nitrogens with zero attached hydrogens (tertiary/aromatic N) is 3. The number of ether oxygens (including phenoxy) is 1. The molecule has 1 aromatic carbocycles. The number of aliphatic imine (C=N–C) groups is 1. The zero-order chi connectivity index (χ0) is 21.6. The Bertz CT molecular complexity index is 1130. The first-order chi connectivity index (χ1) is 14.3. The Balaban J connectivity index is 1.72. The van der Waals surface area contributed by atoms with Gasteiger partial charge in [0.2, 0.25) is 0 Å². The van der Waals surface area contributed by atoms with Crippen molar-refractivity contribution in [3.8, 4) is 6.07 Å². The van der Waals surface area contributed by atoms with E-state index < -0.39 is 23.9 Å². The zero-order valence-corrected chi connectivity index (χ0v) is 16.5. The van der Waals surface area contributed by atoms with E-state index in [-0.39, 0.29) is 40.0 Å². The summed E-state index contributed by atoms with van der Waals surface area (Å²) in [7, 11) is 0. The topological polar surface area (TPSA) is 113 Å². The number of alkyl halides is 1. The highest BCUT2D eigenvalue weighted by atomic mass is 35.5. The number of nitrogens with one attached hydrogen (secondary N) is 1. The number of carbonyl (C=O) groups excluding carboxylic acids is 1. The Labute approximate surface area is 175 Å². The molecule has 3 atom stereocenters. The number of aryl methyl sites for hydroxylation is 1. The number of fused-ring (bicyclic) bond motifs is 1. The van der Waals surface area contributed by atoms with Crippen molar-refractivity contribution in [1.29, 1.82) is 5.26 Å². The number of halogens is 3. The van der Waals surface area contributed by atoms with Crippen molar-refractivity contribution in [2.45, 2.75) is 25.0 Å². The van der Waals surface area contributed by atoms with Crippen molar-refractivity contribution in [1.82, 2.24) is 4.98 Å². The quantitative estimate of drug-likeness (QED) is 0.771. The molecule has 0 unspecified atom stereocenters. The summed E-state index contributed by atoms with van der Waals surface area (Å²) in [4.78, 5) is 20.7. The van der Waals surface area contributed by atoms with Crippen molar-refractivity contribution in [2.24, 2.45) is 16.6 Å². The maximum Gasteiger partial charge on any atom is 0.283 e. The van der Waals surface area contributed by atoms with E-state index >= 15 is 0 Å². The molecular formula is C20H16ClF2N5O2. The fraction of sp³-hybridized carbons (Fsp3) is 0.300. The van der Waals surface area contributed by atoms with Crippen LogP contribution in [0, 0.1) is 30.0 Å². The molecule has 3 N–H and O–H groups in total. The summed E-state index contributed by atoms with van der Waals surface area (Å²) in [5, 5.41) is 11.2. The number of amidine groups is 1. The van der Waals surface area contributed by atoms with Crippen LogP contribution in [0.5, 0.6) is 0 Å². The molecule has 0 saturated heterocycles. The Kier molecular flexibility index (Phi) is 4.82. The van der Waals surface area contributed by atoms with Crippen LogP contribution in [0.15, 0.2) is 29.4 Å². The van der Waals surface area contributed by atoms with E-state index in [1.165, 1.54) is 24.4 Å². The molecule has 2 heterocycles. The number of rotatable bonds is 4. The second kappa shape index (κ2) is 7.22. The normalized spacial score (nSPS) is 24.2. The van der Waals surface area contributed by atoms with Gasteiger partial charge in [0.15, 0.2) is 0 Å². The van der Waals surface area contributed by atoms with E-state index in [2.05, 4.69) is 15.3 Å². The van der Waals surface area contributed by atoms with Gasteiger partial charge in [-0.3, -0.25) is 4.79 Å². The van der Waals surface area contributed by atoms with Crippen LogP contribution in [-0.2, 0) is 10.3 Å². The molecule has 1 fully saturated rings. The van der Waals surface area contributed by atoms with Crippen LogP contribution in [0.1, 0.15) is 33.6 Å². The highest BCUT2D eigenvalue weighted by Gasteiger charge is 2.60. The highest BCUT2D eigenvalue weighted by molar-refractivity contribution is 6.31. The molecule has 1 saturated carbocycles. The summed E-state index contributed by atoms with van der Waals surface area (Å²) < 4.78 is 34.4. The maximum absolute atomic E-state index is 14.9. The van der Waals surface area contributed by atoms with Gasteiger partial charge in [0.1, 0.15) is 35.9 Å². The first kappa shape index (κ1) is 20.0. The summed E-state index contributed by atoms with van der Waals surface area (Å²) in [5.41, 5.74) is 5.05. The number of aromatic nitrogens is 1. The second-order valence-corrected chi connectivity index (χ2v) is 7.69. The minimum Gasteiger partial charge on any atom is -0.462 e. The van der Waals surface area contributed by atoms with Crippen LogP contribution in [0.25, 0.3) is 0 Å². The molecule has 154 valence electrons. The van der Waals surface area contributed by atoms with Crippen molar-refractivity contribution in [3.63, 3.8) is 0 Å². The average molecular weight is 432 g/mol. The van der Waals surface area contributed by atoms with Gasteiger partial charge in [0.25, 0.3) is 11.9 Å². The summed E-state index contributed by atoms with van der Waals surface area (Å²) >= 11 is 6.04. The molecular weight excluding hydrogens is 416 g/mol. The number of amides is 1. The highest BCUT2D eigenvalue weighted by Crippen LogP contribution is 2.54. The van der Waals surface area contributed by atoms with Gasteiger partial charge in [0.05, 0.1) is 10.6 Å². The standard InChI is InChI=1S/C20H16ClF2N5O2/c1-9-2-10(6-24)7-26-17(9)18(29)27-11-3-13(16(23)14(21)4-11)20(8-22)12-5-15(12)30-19(25)28-20/h2-4,7,12,15H,5,8H2,1H3,(H2,25,28)(H,27,29)/t12-,15+,20-/m0/s1. The summed E-state index contributed by atoms with van der Waals surface area (Å²) in [6.45, 7) is 0.635. The number of hydrogen-bond acceptors (Lipinski definition) is 6. The van der Waals surface area contributed by atoms with Crippen LogP contribution < -0.4 is 11.1 Å². The first-order valence-corrected chi connectivity index (χ1v) is 9.42. The summed E-state index contributed by atoms with van der Waals surface area (Å²) in [6, 6.07) is 5.77. The van der Waals surface area contributed by atoms with E-state index in [1.807, 2.05) is 6.07 Å². The molecule has 4 rings (SSSR count). The van der Waals surface area contributed by atoms with E-state index in [9.17, 15) is 13.6 Å². The van der Waals surface area contributed by atoms with Crippen LogP contribution >= 0.6 is 11.6 Å². The molecule has 1 aromatic heterocycles. The third kappa shape index (κ3) is 3.23. The van der Waals surface area contributed by atoms with Gasteiger partial charge in [0, 0.05) is 23.4 Å². The molecule has 0 spiro atoms. The van der Waals surface area contributed by atoms with E-state index in [0.717, 1.165) is 0 Å². The number of carbonyl (C=O) groups is 1. The monoisotopic (exact) mass is 431 g/mol. The zero-order valence-electron chi connectivity index (χ0n) is 15.7. The Morgan fingerprint density at radius 2 is 2.27 bits per heavy atom. The lowest BCUT2D eigenvalue weighted by Gasteiger charge is -2.31. The number of anilines is 1. The van der Waals surface area contributed by atoms with Gasteiger partial charge in [-0.25, -0.2) is 18.8 Å². The maximum atomic E-state index is 14.9. The van der Waals surface area contributed by atoms with Crippen molar-refractivity contribution in [3.05, 3.63) is 57.6 Å². The number of pyridine rings is 1. The fourth-order valence-corrected chi connectivity index (χ4v) is 3.99. The van der Waals surface area contributed by atoms with Gasteiger partial charge < -0.3 is 15.8 Å². The minimum atomic E-state index is -1.57. The van der Waals surface area contributed by atoms with Crippen LogP contribution in [0.3, 0.4) is 0 Å². The molecule has 7 nitrogen and oxygen atoms in total. The van der Waals surface area contributed by atoms with Gasteiger partial charge >= 0.3 is 0 Å². The molecule has 2 aliphatic rings. The average Bonchev–Trinajstić information content (AvgIpc) is 3.49. The van der Waals surface area contributed by atoms with Crippen LogP contribution in [-0.4, -0.2) is 29.7 Å². The van der Waals surface area contributed by atoms with E-state index in [4.69, 9.17) is 27.3 Å². The molecule has 0 radical (unpaired) electrons. The second-order valence-electron chi connectivity index (χ2n) is 7.28. The molecule has 1 aliphatic carbocycles. The lowest BCUT2D eigenvalue weighted by Crippen LogP contribution is -2.39. The first-order valence-electron chi connectivity index (χ1n) is 9.04. The number of nitriles is 1. The van der Waals surface area contributed by atoms with Crippen LogP contribution in [0.4, 0.5) is 14.5 Å². The minimum absolute atomic E-state index is 0.0896. The predicted octanol–water partition coefficient (Wildman–Crippen LogP) is 3.20. The Morgan fingerprint density at radius 3 is 2.93 bits per heavy atom. The van der Waals surface area contributed by atoms with Crippen molar-refractivity contribution >= 4 is 29.2 Å². The van der Waals surface area contributed by atoms with Gasteiger partial charge in [-0.15, -0.1) is 0 Å². The number of nitrogens with two attached hydrogens (primary N) is 1. The number of benzene rings is 1. The largest absolute Gasteiger partial charge is 0.462 e. The molecule has 1 amide bonds. The van der Waals surface area contributed by atoms with Gasteiger partial charge in [-0.2, -0.15) is 5.26 Å². The SMILES string of the molecule is Cc1cc(C#N)cnc1C(=O)Nc1cc(Cl)c(F)c([C@@]2(CF)N=C(N)O[C@@H]3C[C@@H]32)c1. The molecule has 10 heteroatoms. The predicted molar refractivity (Wildman–Crippen MR) is 105 cm³/mol. The molecule has 0 bridgehead atoms. The summed E-state index contributed by atoms with van der Waals surface area (Å²) in [5.74, 6) is -1.79. The third-order valence-corrected chi connectivity index (χ3v) is 5.58. The van der Waals surface area contributed by atoms with Crippen LogP contribution in [0.2, 0.25) is 5.02 Å². The summed E-state index contributed by atoms with van der Waals surface area (Å²) in [6.07, 6.45) is 1.42. The number of hydrogen-bond donors (Lipinski definition) is 2. The van der Waals surface area contributed by atoms with Crippen molar-refractivity contribution < 1.29 is 18.3 Å². The molecule has 2 aromatic rings. The fourth-order valence-electron chi connectivity index (χ4n) is 3.77. The Morgan fingerprint density at radius 1 is 1.50 bits per heavy atom. The van der Waals surface area contributed by atoms with Gasteiger partial charge in [-0.05, 0) is 37.1 Å². The van der Waals surface area contributed by atoms with E-state index in [0.29, 0.717) is 17.5 Å². The van der Waals surface area contributed by atoms with E-state index in [1.54, 1.807) is 6.92 Å². The molecule has 30 heavy (non-hydrogen) atoms. The lowest BCUT2D eigenvalue weighted by atomic mass is 9.85. The van der Waals surface area contributed by atoms with Crippen molar-refractivity contribution in [2.75, 3.05) is 12.0 Å². The smallest absolute Gasteiger partial charge is 0.283 e. The Hall–Kier alpha value is -3.25.